The second-order valence-electron chi connectivity index (χ2n) is 5.80. The highest BCUT2D eigenvalue weighted by atomic mass is 16.4. The molecule has 0 aliphatic carbocycles. The van der Waals surface area contributed by atoms with Crippen molar-refractivity contribution in [2.24, 2.45) is 5.92 Å². The molecule has 1 fully saturated rings. The summed E-state index contributed by atoms with van der Waals surface area (Å²) in [4.78, 5) is 13.5. The van der Waals surface area contributed by atoms with E-state index in [9.17, 15) is 9.90 Å². The standard InChI is InChI=1S/C16H21N3O2/c1-3-19-14-7-5-4-6-12(14)13(17-19)10-18-9-8-11(2)15(18)16(20)21/h4-7,11,15H,3,8-10H2,1-2H3,(H,20,21). The Hall–Kier alpha value is -1.88. The topological polar surface area (TPSA) is 58.4 Å². The Balaban J connectivity index is 1.93. The largest absolute Gasteiger partial charge is 0.480 e. The molecular weight excluding hydrogens is 266 g/mol. The molecule has 2 atom stereocenters. The number of benzene rings is 1. The number of para-hydroxylation sites is 1. The summed E-state index contributed by atoms with van der Waals surface area (Å²) in [6.45, 7) is 6.34. The highest BCUT2D eigenvalue weighted by molar-refractivity contribution is 5.82. The number of likely N-dealkylation sites (tertiary alicyclic amines) is 1. The number of carbonyl (C=O) groups is 1. The van der Waals surface area contributed by atoms with Gasteiger partial charge in [0.25, 0.3) is 0 Å². The number of hydrogen-bond acceptors (Lipinski definition) is 3. The molecule has 1 aromatic carbocycles. The van der Waals surface area contributed by atoms with Crippen LogP contribution in [0.3, 0.4) is 0 Å². The van der Waals surface area contributed by atoms with E-state index in [-0.39, 0.29) is 5.92 Å². The van der Waals surface area contributed by atoms with Crippen LogP contribution in [-0.2, 0) is 17.9 Å². The number of carboxylic acids is 1. The van der Waals surface area contributed by atoms with E-state index in [0.29, 0.717) is 6.54 Å². The molecule has 21 heavy (non-hydrogen) atoms. The molecule has 0 spiro atoms. The Kier molecular flexibility index (Phi) is 3.68. The van der Waals surface area contributed by atoms with Crippen LogP contribution in [0.2, 0.25) is 0 Å². The van der Waals surface area contributed by atoms with Gasteiger partial charge in [-0.25, -0.2) is 0 Å². The van der Waals surface area contributed by atoms with Crippen LogP contribution in [0.15, 0.2) is 24.3 Å². The maximum Gasteiger partial charge on any atom is 0.321 e. The third-order valence-electron chi connectivity index (χ3n) is 4.44. The van der Waals surface area contributed by atoms with Crippen molar-refractivity contribution in [1.29, 1.82) is 0 Å². The molecule has 0 saturated carbocycles. The van der Waals surface area contributed by atoms with E-state index >= 15 is 0 Å². The summed E-state index contributed by atoms with van der Waals surface area (Å²) in [7, 11) is 0. The number of fused-ring (bicyclic) bond motifs is 1. The van der Waals surface area contributed by atoms with E-state index in [1.54, 1.807) is 0 Å². The van der Waals surface area contributed by atoms with Crippen molar-refractivity contribution in [3.8, 4) is 0 Å². The lowest BCUT2D eigenvalue weighted by Gasteiger charge is -2.22. The summed E-state index contributed by atoms with van der Waals surface area (Å²) in [5, 5.41) is 15.2. The molecule has 0 radical (unpaired) electrons. The number of aliphatic carboxylic acids is 1. The normalized spacial score (nSPS) is 23.0. The Bertz CT molecular complexity index is 665. The number of nitrogens with zero attached hydrogens (tertiary/aromatic N) is 3. The second-order valence-corrected chi connectivity index (χ2v) is 5.80. The molecule has 2 aromatic rings. The molecule has 3 rings (SSSR count). The maximum atomic E-state index is 11.5. The van der Waals surface area contributed by atoms with Crippen LogP contribution in [0.1, 0.15) is 26.0 Å². The van der Waals surface area contributed by atoms with Crippen molar-refractivity contribution >= 4 is 16.9 Å². The van der Waals surface area contributed by atoms with Gasteiger partial charge in [0, 0.05) is 18.5 Å². The average Bonchev–Trinajstić information content (AvgIpc) is 3.01. The summed E-state index contributed by atoms with van der Waals surface area (Å²) in [5.41, 5.74) is 2.10. The fraction of sp³-hybridized carbons (Fsp3) is 0.500. The number of aromatic nitrogens is 2. The van der Waals surface area contributed by atoms with Crippen molar-refractivity contribution in [2.45, 2.75) is 39.4 Å². The van der Waals surface area contributed by atoms with E-state index in [4.69, 9.17) is 0 Å². The summed E-state index contributed by atoms with van der Waals surface area (Å²) in [6.07, 6.45) is 0.934. The van der Waals surface area contributed by atoms with Crippen molar-refractivity contribution < 1.29 is 9.90 Å². The molecular formula is C16H21N3O2. The smallest absolute Gasteiger partial charge is 0.321 e. The van der Waals surface area contributed by atoms with E-state index in [2.05, 4.69) is 24.2 Å². The average molecular weight is 287 g/mol. The minimum Gasteiger partial charge on any atom is -0.480 e. The van der Waals surface area contributed by atoms with Gasteiger partial charge in [-0.05, 0) is 31.9 Å². The Morgan fingerprint density at radius 3 is 2.90 bits per heavy atom. The number of carboxylic acid groups (broad SMARTS) is 1. The predicted molar refractivity (Wildman–Crippen MR) is 81.0 cm³/mol. The van der Waals surface area contributed by atoms with E-state index < -0.39 is 12.0 Å². The highest BCUT2D eigenvalue weighted by Crippen LogP contribution is 2.28. The first-order valence-electron chi connectivity index (χ1n) is 7.53. The van der Waals surface area contributed by atoms with Crippen molar-refractivity contribution in [3.63, 3.8) is 0 Å². The lowest BCUT2D eigenvalue weighted by atomic mass is 10.0. The Labute approximate surface area is 124 Å². The van der Waals surface area contributed by atoms with Gasteiger partial charge in [-0.15, -0.1) is 0 Å². The Morgan fingerprint density at radius 1 is 1.43 bits per heavy atom. The molecule has 1 N–H and O–H groups in total. The van der Waals surface area contributed by atoms with Crippen LogP contribution in [0.4, 0.5) is 0 Å². The molecule has 1 aliphatic heterocycles. The monoisotopic (exact) mass is 287 g/mol. The minimum atomic E-state index is -0.723. The van der Waals surface area contributed by atoms with Crippen molar-refractivity contribution in [1.82, 2.24) is 14.7 Å². The number of rotatable bonds is 4. The quantitative estimate of drug-likeness (QED) is 0.938. The first kappa shape index (κ1) is 14.1. The predicted octanol–water partition coefficient (Wildman–Crippen LogP) is 2.35. The van der Waals surface area contributed by atoms with Crippen LogP contribution in [0.25, 0.3) is 10.9 Å². The molecule has 1 aliphatic rings. The van der Waals surface area contributed by atoms with Gasteiger partial charge in [-0.1, -0.05) is 25.1 Å². The second kappa shape index (κ2) is 5.48. The molecule has 5 nitrogen and oxygen atoms in total. The molecule has 112 valence electrons. The van der Waals surface area contributed by atoms with Gasteiger partial charge in [-0.2, -0.15) is 5.10 Å². The van der Waals surface area contributed by atoms with Crippen LogP contribution in [0.5, 0.6) is 0 Å². The van der Waals surface area contributed by atoms with Crippen LogP contribution in [0, 0.1) is 5.92 Å². The molecule has 1 saturated heterocycles. The van der Waals surface area contributed by atoms with Gasteiger partial charge in [0.05, 0.1) is 11.2 Å². The zero-order chi connectivity index (χ0) is 15.0. The lowest BCUT2D eigenvalue weighted by molar-refractivity contribution is -0.143. The van der Waals surface area contributed by atoms with Gasteiger partial charge in [0.1, 0.15) is 6.04 Å². The summed E-state index contributed by atoms with van der Waals surface area (Å²) in [6, 6.07) is 7.76. The van der Waals surface area contributed by atoms with Crippen molar-refractivity contribution in [3.05, 3.63) is 30.0 Å². The van der Waals surface area contributed by atoms with Gasteiger partial charge in [0.2, 0.25) is 0 Å². The van der Waals surface area contributed by atoms with Crippen LogP contribution >= 0.6 is 0 Å². The lowest BCUT2D eigenvalue weighted by Crippen LogP contribution is -2.38. The molecule has 0 amide bonds. The molecule has 1 aromatic heterocycles. The highest BCUT2D eigenvalue weighted by Gasteiger charge is 2.37. The maximum absolute atomic E-state index is 11.5. The number of hydrogen-bond donors (Lipinski definition) is 1. The van der Waals surface area contributed by atoms with Gasteiger partial charge in [-0.3, -0.25) is 14.4 Å². The molecule has 2 heterocycles. The first-order valence-corrected chi connectivity index (χ1v) is 7.53. The summed E-state index contributed by atoms with van der Waals surface area (Å²) >= 11 is 0. The Morgan fingerprint density at radius 2 is 2.19 bits per heavy atom. The van der Waals surface area contributed by atoms with Crippen LogP contribution in [-0.4, -0.2) is 38.3 Å². The molecule has 2 unspecified atom stereocenters. The van der Waals surface area contributed by atoms with E-state index in [1.165, 1.54) is 0 Å². The van der Waals surface area contributed by atoms with Crippen molar-refractivity contribution in [2.75, 3.05) is 6.54 Å². The van der Waals surface area contributed by atoms with E-state index in [0.717, 1.165) is 36.1 Å². The third-order valence-corrected chi connectivity index (χ3v) is 4.44. The SMILES string of the molecule is CCn1nc(CN2CCC(C)C2C(=O)O)c2ccccc21. The fourth-order valence-electron chi connectivity index (χ4n) is 3.35. The minimum absolute atomic E-state index is 0.196. The molecule has 0 bridgehead atoms. The fourth-order valence-corrected chi connectivity index (χ4v) is 3.35. The van der Waals surface area contributed by atoms with E-state index in [1.807, 2.05) is 28.6 Å². The van der Waals surface area contributed by atoms with Gasteiger partial charge in [0.15, 0.2) is 0 Å². The third kappa shape index (κ3) is 2.42. The number of aryl methyl sites for hydroxylation is 1. The zero-order valence-corrected chi connectivity index (χ0v) is 12.5. The summed E-state index contributed by atoms with van der Waals surface area (Å²) < 4.78 is 1.99. The van der Waals surface area contributed by atoms with Gasteiger partial charge >= 0.3 is 5.97 Å². The zero-order valence-electron chi connectivity index (χ0n) is 12.5. The van der Waals surface area contributed by atoms with Crippen LogP contribution < -0.4 is 0 Å². The van der Waals surface area contributed by atoms with Gasteiger partial charge < -0.3 is 5.11 Å². The first-order chi connectivity index (χ1) is 10.1. The summed E-state index contributed by atoms with van der Waals surface area (Å²) in [5.74, 6) is -0.527. The molecule has 5 heteroatoms.